The van der Waals surface area contributed by atoms with Crippen molar-refractivity contribution in [2.45, 2.75) is 40.8 Å². The predicted octanol–water partition coefficient (Wildman–Crippen LogP) is 3.41. The Hall–Kier alpha value is -0.740. The first-order valence-electron chi connectivity index (χ1n) is 5.25. The lowest BCUT2D eigenvalue weighted by Gasteiger charge is -2.34. The Morgan fingerprint density at radius 2 is 1.69 bits per heavy atom. The molecule has 0 heterocycles. The third kappa shape index (κ3) is 4.02. The summed E-state index contributed by atoms with van der Waals surface area (Å²) in [7, 11) is 0. The number of esters is 1. The molecule has 0 saturated heterocycles. The minimum atomic E-state index is -4.38. The second kappa shape index (κ2) is 5.06. The Bertz CT molecular complexity index is 241. The molecule has 2 nitrogen and oxygen atoms in total. The number of carbonyl (C=O) groups is 1. The number of hydrogen-bond acceptors (Lipinski definition) is 2. The van der Waals surface area contributed by atoms with Crippen LogP contribution in [0.1, 0.15) is 34.6 Å². The molecule has 2 unspecified atom stereocenters. The molecule has 0 aliphatic heterocycles. The first-order valence-corrected chi connectivity index (χ1v) is 5.25. The summed E-state index contributed by atoms with van der Waals surface area (Å²) in [4.78, 5) is 11.6. The van der Waals surface area contributed by atoms with Crippen LogP contribution in [0, 0.1) is 17.3 Å². The van der Waals surface area contributed by atoms with Crippen LogP contribution in [0.3, 0.4) is 0 Å². The van der Waals surface area contributed by atoms with Gasteiger partial charge in [-0.15, -0.1) is 0 Å². The van der Waals surface area contributed by atoms with E-state index in [1.54, 1.807) is 27.7 Å². The number of carbonyl (C=O) groups excluding carboxylic acids is 1. The van der Waals surface area contributed by atoms with Gasteiger partial charge in [-0.05, 0) is 12.3 Å². The SMILES string of the molecule is CCOC(=O)C(C(C)C(F)(F)F)C(C)(C)C. The van der Waals surface area contributed by atoms with E-state index >= 15 is 0 Å². The third-order valence-corrected chi connectivity index (χ3v) is 2.49. The molecular weight excluding hydrogens is 221 g/mol. The Morgan fingerprint density at radius 1 is 1.25 bits per heavy atom. The summed E-state index contributed by atoms with van der Waals surface area (Å²) < 4.78 is 42.6. The summed E-state index contributed by atoms with van der Waals surface area (Å²) >= 11 is 0. The summed E-state index contributed by atoms with van der Waals surface area (Å²) in [6, 6.07) is 0. The van der Waals surface area contributed by atoms with Gasteiger partial charge in [0.25, 0.3) is 0 Å². The zero-order valence-electron chi connectivity index (χ0n) is 10.3. The molecule has 0 aliphatic carbocycles. The highest BCUT2D eigenvalue weighted by Crippen LogP contribution is 2.41. The van der Waals surface area contributed by atoms with Gasteiger partial charge in [-0.25, -0.2) is 0 Å². The van der Waals surface area contributed by atoms with Crippen molar-refractivity contribution in [1.29, 1.82) is 0 Å². The average Bonchev–Trinajstić information content (AvgIpc) is 1.99. The molecule has 0 saturated carbocycles. The summed E-state index contributed by atoms with van der Waals surface area (Å²) in [6.07, 6.45) is -4.38. The van der Waals surface area contributed by atoms with Gasteiger partial charge in [0.2, 0.25) is 0 Å². The molecule has 96 valence electrons. The summed E-state index contributed by atoms with van der Waals surface area (Å²) in [5.74, 6) is -3.65. The molecule has 0 spiro atoms. The molecule has 0 aromatic rings. The number of hydrogen-bond donors (Lipinski definition) is 0. The Balaban J connectivity index is 5.04. The van der Waals surface area contributed by atoms with Crippen LogP contribution in [0.4, 0.5) is 13.2 Å². The zero-order chi connectivity index (χ0) is 13.1. The lowest BCUT2D eigenvalue weighted by molar-refractivity contribution is -0.203. The lowest BCUT2D eigenvalue weighted by atomic mass is 9.73. The maximum absolute atomic E-state index is 12.6. The van der Waals surface area contributed by atoms with Crippen molar-refractivity contribution < 1.29 is 22.7 Å². The van der Waals surface area contributed by atoms with Crippen molar-refractivity contribution in [2.75, 3.05) is 6.61 Å². The van der Waals surface area contributed by atoms with E-state index < -0.39 is 29.4 Å². The maximum Gasteiger partial charge on any atom is 0.392 e. The molecule has 0 rings (SSSR count). The van der Waals surface area contributed by atoms with E-state index in [0.717, 1.165) is 6.92 Å². The van der Waals surface area contributed by atoms with E-state index in [2.05, 4.69) is 0 Å². The van der Waals surface area contributed by atoms with Gasteiger partial charge in [-0.2, -0.15) is 13.2 Å². The minimum Gasteiger partial charge on any atom is -0.466 e. The first-order chi connectivity index (χ1) is 7.01. The zero-order valence-corrected chi connectivity index (χ0v) is 10.3. The van der Waals surface area contributed by atoms with Crippen molar-refractivity contribution >= 4 is 5.97 Å². The molecule has 16 heavy (non-hydrogen) atoms. The van der Waals surface area contributed by atoms with Gasteiger partial charge >= 0.3 is 12.1 Å². The Morgan fingerprint density at radius 3 is 1.94 bits per heavy atom. The fraction of sp³-hybridized carbons (Fsp3) is 0.909. The highest BCUT2D eigenvalue weighted by Gasteiger charge is 2.49. The summed E-state index contributed by atoms with van der Waals surface area (Å²) in [5, 5.41) is 0. The van der Waals surface area contributed by atoms with Crippen LogP contribution in [-0.4, -0.2) is 18.8 Å². The van der Waals surface area contributed by atoms with Gasteiger partial charge < -0.3 is 4.74 Å². The molecule has 0 aromatic carbocycles. The third-order valence-electron chi connectivity index (χ3n) is 2.49. The van der Waals surface area contributed by atoms with Crippen molar-refractivity contribution in [3.63, 3.8) is 0 Å². The molecular formula is C11H19F3O2. The van der Waals surface area contributed by atoms with Gasteiger partial charge in [0.15, 0.2) is 0 Å². The normalized spacial score (nSPS) is 16.8. The highest BCUT2D eigenvalue weighted by molar-refractivity contribution is 5.73. The van der Waals surface area contributed by atoms with Gasteiger partial charge in [0.1, 0.15) is 0 Å². The lowest BCUT2D eigenvalue weighted by Crippen LogP contribution is -2.41. The predicted molar refractivity (Wildman–Crippen MR) is 54.8 cm³/mol. The van der Waals surface area contributed by atoms with Gasteiger partial charge in [0.05, 0.1) is 18.4 Å². The fourth-order valence-electron chi connectivity index (χ4n) is 1.73. The molecule has 0 aromatic heterocycles. The van der Waals surface area contributed by atoms with E-state index in [0.29, 0.717) is 0 Å². The molecule has 0 amide bonds. The van der Waals surface area contributed by atoms with E-state index in [-0.39, 0.29) is 6.61 Å². The van der Waals surface area contributed by atoms with Crippen molar-refractivity contribution in [1.82, 2.24) is 0 Å². The van der Waals surface area contributed by atoms with Crippen LogP contribution in [0.15, 0.2) is 0 Å². The van der Waals surface area contributed by atoms with Crippen LogP contribution in [0.5, 0.6) is 0 Å². The maximum atomic E-state index is 12.6. The Labute approximate surface area is 94.2 Å². The monoisotopic (exact) mass is 240 g/mol. The standard InChI is InChI=1S/C11H19F3O2/c1-6-16-9(15)8(10(3,4)5)7(2)11(12,13)14/h7-8H,6H2,1-5H3. The van der Waals surface area contributed by atoms with Gasteiger partial charge in [0, 0.05) is 0 Å². The van der Waals surface area contributed by atoms with Gasteiger partial charge in [-0.3, -0.25) is 4.79 Å². The fourth-order valence-corrected chi connectivity index (χ4v) is 1.73. The number of alkyl halides is 3. The molecule has 5 heteroatoms. The minimum absolute atomic E-state index is 0.0932. The topological polar surface area (TPSA) is 26.3 Å². The van der Waals surface area contributed by atoms with Crippen molar-refractivity contribution in [2.24, 2.45) is 17.3 Å². The quantitative estimate of drug-likeness (QED) is 0.706. The number of ether oxygens (including phenoxy) is 1. The molecule has 0 bridgehead atoms. The van der Waals surface area contributed by atoms with Crippen LogP contribution in [0.25, 0.3) is 0 Å². The van der Waals surface area contributed by atoms with E-state index in [9.17, 15) is 18.0 Å². The van der Waals surface area contributed by atoms with Gasteiger partial charge in [-0.1, -0.05) is 27.7 Å². The van der Waals surface area contributed by atoms with Crippen LogP contribution in [0.2, 0.25) is 0 Å². The summed E-state index contributed by atoms with van der Waals surface area (Å²) in [6.45, 7) is 7.52. The average molecular weight is 240 g/mol. The largest absolute Gasteiger partial charge is 0.466 e. The summed E-state index contributed by atoms with van der Waals surface area (Å²) in [5.41, 5.74) is -0.777. The highest BCUT2D eigenvalue weighted by atomic mass is 19.4. The second-order valence-electron chi connectivity index (χ2n) is 4.93. The smallest absolute Gasteiger partial charge is 0.392 e. The molecule has 0 aliphatic rings. The van der Waals surface area contributed by atoms with E-state index in [4.69, 9.17) is 4.74 Å². The first kappa shape index (κ1) is 15.3. The van der Waals surface area contributed by atoms with E-state index in [1.165, 1.54) is 0 Å². The van der Waals surface area contributed by atoms with Crippen LogP contribution >= 0.6 is 0 Å². The van der Waals surface area contributed by atoms with Crippen LogP contribution in [-0.2, 0) is 9.53 Å². The van der Waals surface area contributed by atoms with Crippen molar-refractivity contribution in [3.8, 4) is 0 Å². The molecule has 0 fully saturated rings. The molecule has 0 radical (unpaired) electrons. The van der Waals surface area contributed by atoms with Crippen LogP contribution < -0.4 is 0 Å². The van der Waals surface area contributed by atoms with E-state index in [1.807, 2.05) is 0 Å². The number of halogens is 3. The molecule has 2 atom stereocenters. The second-order valence-corrected chi connectivity index (χ2v) is 4.93. The number of rotatable bonds is 3. The Kier molecular flexibility index (Phi) is 4.83. The van der Waals surface area contributed by atoms with Crippen molar-refractivity contribution in [3.05, 3.63) is 0 Å². The molecule has 0 N–H and O–H groups in total.